The summed E-state index contributed by atoms with van der Waals surface area (Å²) in [6.45, 7) is 5.49. The van der Waals surface area contributed by atoms with E-state index in [1.807, 2.05) is 0 Å². The van der Waals surface area contributed by atoms with Crippen molar-refractivity contribution in [1.29, 1.82) is 0 Å². The molecular weight excluding hydrogens is 230 g/mol. The summed E-state index contributed by atoms with van der Waals surface area (Å²) < 4.78 is 0. The second-order valence-electron chi connectivity index (χ2n) is 6.00. The van der Waals surface area contributed by atoms with Gasteiger partial charge in [0.2, 0.25) is 0 Å². The maximum atomic E-state index is 3.59. The fourth-order valence-corrected chi connectivity index (χ4v) is 2.87. The first-order chi connectivity index (χ1) is 9.25. The van der Waals surface area contributed by atoms with Gasteiger partial charge in [-0.3, -0.25) is 0 Å². The Bertz CT molecular complexity index is 385. The van der Waals surface area contributed by atoms with Crippen LogP contribution in [0, 0.1) is 5.92 Å². The minimum Gasteiger partial charge on any atom is -0.311 e. The highest BCUT2D eigenvalue weighted by Crippen LogP contribution is 2.30. The molecule has 1 heteroatoms. The van der Waals surface area contributed by atoms with Crippen molar-refractivity contribution in [3.05, 3.63) is 41.5 Å². The zero-order valence-electron chi connectivity index (χ0n) is 12.4. The van der Waals surface area contributed by atoms with Crippen LogP contribution in [0.25, 0.3) is 6.08 Å². The van der Waals surface area contributed by atoms with Crippen LogP contribution in [0.1, 0.15) is 51.5 Å². The van der Waals surface area contributed by atoms with Crippen molar-refractivity contribution in [2.45, 2.75) is 52.0 Å². The number of benzene rings is 1. The van der Waals surface area contributed by atoms with Gasteiger partial charge in [-0.2, -0.15) is 0 Å². The van der Waals surface area contributed by atoms with Crippen molar-refractivity contribution in [2.75, 3.05) is 6.54 Å². The van der Waals surface area contributed by atoms with Crippen LogP contribution in [-0.2, 0) is 0 Å². The van der Waals surface area contributed by atoms with Crippen LogP contribution in [0.15, 0.2) is 35.9 Å². The minimum atomic E-state index is 0.558. The molecule has 0 amide bonds. The Morgan fingerprint density at radius 2 is 1.84 bits per heavy atom. The molecule has 104 valence electrons. The topological polar surface area (TPSA) is 12.0 Å². The number of nitrogens with one attached hydrogen (secondary N) is 1. The first-order valence-corrected chi connectivity index (χ1v) is 7.74. The van der Waals surface area contributed by atoms with E-state index in [-0.39, 0.29) is 0 Å². The zero-order chi connectivity index (χ0) is 13.5. The first-order valence-electron chi connectivity index (χ1n) is 7.74. The van der Waals surface area contributed by atoms with Crippen molar-refractivity contribution in [1.82, 2.24) is 5.32 Å². The Hall–Kier alpha value is -1.08. The summed E-state index contributed by atoms with van der Waals surface area (Å²) in [6.07, 6.45) is 9.38. The van der Waals surface area contributed by atoms with Crippen molar-refractivity contribution in [3.8, 4) is 0 Å². The molecule has 2 rings (SSSR count). The first kappa shape index (κ1) is 14.3. The number of hydrogen-bond acceptors (Lipinski definition) is 1. The van der Waals surface area contributed by atoms with E-state index in [4.69, 9.17) is 0 Å². The molecule has 0 radical (unpaired) electrons. The van der Waals surface area contributed by atoms with Crippen molar-refractivity contribution >= 4 is 6.08 Å². The zero-order valence-corrected chi connectivity index (χ0v) is 12.4. The van der Waals surface area contributed by atoms with E-state index in [1.165, 1.54) is 37.7 Å². The Balaban J connectivity index is 2.10. The summed E-state index contributed by atoms with van der Waals surface area (Å²) in [5.41, 5.74) is 2.94. The Kier molecular flexibility index (Phi) is 5.65. The van der Waals surface area contributed by atoms with Crippen LogP contribution in [0.3, 0.4) is 0 Å². The van der Waals surface area contributed by atoms with Crippen molar-refractivity contribution in [2.24, 2.45) is 5.92 Å². The average molecular weight is 257 g/mol. The van der Waals surface area contributed by atoms with Gasteiger partial charge in [0.1, 0.15) is 0 Å². The van der Waals surface area contributed by atoms with Gasteiger partial charge in [-0.15, -0.1) is 0 Å². The molecule has 0 spiro atoms. The van der Waals surface area contributed by atoms with E-state index in [2.05, 4.69) is 55.6 Å². The molecule has 0 unspecified atom stereocenters. The molecule has 1 aromatic rings. The molecule has 1 N–H and O–H groups in total. The summed E-state index contributed by atoms with van der Waals surface area (Å²) in [6, 6.07) is 11.3. The number of hydrogen-bond donors (Lipinski definition) is 1. The van der Waals surface area contributed by atoms with Gasteiger partial charge in [0, 0.05) is 12.6 Å². The third-order valence-corrected chi connectivity index (χ3v) is 4.00. The molecule has 1 fully saturated rings. The average Bonchev–Trinajstić information content (AvgIpc) is 2.45. The molecule has 1 aliphatic carbocycles. The molecule has 1 aliphatic rings. The van der Waals surface area contributed by atoms with Crippen LogP contribution in [-0.4, -0.2) is 12.6 Å². The molecule has 1 saturated carbocycles. The fourth-order valence-electron chi connectivity index (χ4n) is 2.87. The largest absolute Gasteiger partial charge is 0.311 e. The van der Waals surface area contributed by atoms with E-state index in [0.29, 0.717) is 6.04 Å². The molecule has 0 aliphatic heterocycles. The summed E-state index contributed by atoms with van der Waals surface area (Å²) in [7, 11) is 0. The van der Waals surface area contributed by atoms with Gasteiger partial charge < -0.3 is 5.32 Å². The lowest BCUT2D eigenvalue weighted by Gasteiger charge is -2.25. The van der Waals surface area contributed by atoms with Crippen LogP contribution in [0.2, 0.25) is 0 Å². The third kappa shape index (κ3) is 4.83. The molecule has 1 aromatic carbocycles. The minimum absolute atomic E-state index is 0.558. The Labute approximate surface area is 118 Å². The van der Waals surface area contributed by atoms with E-state index in [9.17, 15) is 0 Å². The smallest absolute Gasteiger partial charge is 0.0173 e. The highest BCUT2D eigenvalue weighted by atomic mass is 14.9. The molecule has 0 aromatic heterocycles. The second kappa shape index (κ2) is 7.49. The van der Waals surface area contributed by atoms with Crippen LogP contribution >= 0.6 is 0 Å². The lowest BCUT2D eigenvalue weighted by molar-refractivity contribution is 0.394. The lowest BCUT2D eigenvalue weighted by Crippen LogP contribution is -2.27. The molecule has 0 heterocycles. The number of rotatable bonds is 5. The van der Waals surface area contributed by atoms with Gasteiger partial charge in [-0.1, -0.05) is 75.1 Å². The normalized spacial score (nSPS) is 17.9. The van der Waals surface area contributed by atoms with E-state index < -0.39 is 0 Å². The predicted octanol–water partition coefficient (Wildman–Crippen LogP) is 4.65. The quantitative estimate of drug-likeness (QED) is 0.809. The maximum absolute atomic E-state index is 3.59. The van der Waals surface area contributed by atoms with E-state index >= 15 is 0 Å². The summed E-state index contributed by atoms with van der Waals surface area (Å²) in [5, 5.41) is 3.59. The summed E-state index contributed by atoms with van der Waals surface area (Å²) >= 11 is 0. The molecular formula is C18H27N. The van der Waals surface area contributed by atoms with Gasteiger partial charge in [0.15, 0.2) is 0 Å². The van der Waals surface area contributed by atoms with Gasteiger partial charge in [0.25, 0.3) is 0 Å². The van der Waals surface area contributed by atoms with Gasteiger partial charge in [0.05, 0.1) is 0 Å². The van der Waals surface area contributed by atoms with Crippen molar-refractivity contribution < 1.29 is 0 Å². The standard InChI is InChI=1S/C18H27N/c1-15(2)19-14-18(17-11-7-4-8-12-17)13-16-9-5-3-6-10-16/h3,5-6,9-10,13,15,17,19H,4,7-8,11-12,14H2,1-2H3. The Morgan fingerprint density at radius 3 is 2.47 bits per heavy atom. The summed E-state index contributed by atoms with van der Waals surface area (Å²) in [5.74, 6) is 0.792. The van der Waals surface area contributed by atoms with Crippen LogP contribution in [0.4, 0.5) is 0 Å². The van der Waals surface area contributed by atoms with Gasteiger partial charge >= 0.3 is 0 Å². The third-order valence-electron chi connectivity index (χ3n) is 4.00. The predicted molar refractivity (Wildman–Crippen MR) is 84.1 cm³/mol. The molecule has 0 bridgehead atoms. The van der Waals surface area contributed by atoms with Crippen molar-refractivity contribution in [3.63, 3.8) is 0 Å². The fraction of sp³-hybridized carbons (Fsp3) is 0.556. The lowest BCUT2D eigenvalue weighted by atomic mass is 9.83. The Morgan fingerprint density at radius 1 is 1.16 bits per heavy atom. The van der Waals surface area contributed by atoms with Gasteiger partial charge in [-0.05, 0) is 24.3 Å². The highest BCUT2D eigenvalue weighted by Gasteiger charge is 2.17. The molecule has 1 nitrogen and oxygen atoms in total. The maximum Gasteiger partial charge on any atom is 0.0173 e. The SMILES string of the molecule is CC(C)NCC(=Cc1ccccc1)C1CCCCC1. The van der Waals surface area contributed by atoms with E-state index in [0.717, 1.165) is 12.5 Å². The highest BCUT2D eigenvalue weighted by molar-refractivity contribution is 5.53. The van der Waals surface area contributed by atoms with E-state index in [1.54, 1.807) is 5.57 Å². The molecule has 19 heavy (non-hydrogen) atoms. The monoisotopic (exact) mass is 257 g/mol. The summed E-state index contributed by atoms with van der Waals surface area (Å²) in [4.78, 5) is 0. The molecule has 0 saturated heterocycles. The second-order valence-corrected chi connectivity index (χ2v) is 6.00. The molecule has 0 atom stereocenters. The van der Waals surface area contributed by atoms with Crippen LogP contribution in [0.5, 0.6) is 0 Å². The van der Waals surface area contributed by atoms with Crippen LogP contribution < -0.4 is 5.32 Å². The van der Waals surface area contributed by atoms with Gasteiger partial charge in [-0.25, -0.2) is 0 Å².